The van der Waals surface area contributed by atoms with Crippen LogP contribution in [0.4, 0.5) is 13.2 Å². The van der Waals surface area contributed by atoms with Crippen LogP contribution in [0, 0.1) is 5.41 Å². The summed E-state index contributed by atoms with van der Waals surface area (Å²) in [4.78, 5) is 12.4. The molecular formula is C16H15F3N4O4S. The van der Waals surface area contributed by atoms with Gasteiger partial charge in [-0.15, -0.1) is 5.10 Å². The molecule has 12 heteroatoms. The first-order valence-electron chi connectivity index (χ1n) is 8.30. The Bertz CT molecular complexity index is 1220. The standard InChI is InChI=1S/C16H15F3N4O4S/c1-22-10-3-2-9(28(25,26)8-16(7-17)4-5-16)6-11(10)23(15(22)24)14-21-20-13(27-14)12(18)19/h2-3,6,12H,4-5,7-8H2,1H3. The topological polar surface area (TPSA) is 100.0 Å². The third-order valence-corrected chi connectivity index (χ3v) is 6.90. The fourth-order valence-corrected chi connectivity index (χ4v) is 4.99. The largest absolute Gasteiger partial charge is 0.401 e. The molecule has 1 aliphatic rings. The lowest BCUT2D eigenvalue weighted by Crippen LogP contribution is -2.21. The molecular weight excluding hydrogens is 401 g/mol. The molecule has 1 saturated carbocycles. The van der Waals surface area contributed by atoms with Crippen LogP contribution in [-0.4, -0.2) is 40.2 Å². The number of sulfone groups is 1. The van der Waals surface area contributed by atoms with Gasteiger partial charge in [0, 0.05) is 12.5 Å². The van der Waals surface area contributed by atoms with Gasteiger partial charge in [0.15, 0.2) is 9.84 Å². The summed E-state index contributed by atoms with van der Waals surface area (Å²) >= 11 is 0. The van der Waals surface area contributed by atoms with Gasteiger partial charge < -0.3 is 4.42 Å². The third-order valence-electron chi connectivity index (χ3n) is 4.93. The van der Waals surface area contributed by atoms with Crippen molar-refractivity contribution < 1.29 is 26.0 Å². The number of halogens is 3. The zero-order chi connectivity index (χ0) is 20.3. The fraction of sp³-hybridized carbons (Fsp3) is 0.438. The first kappa shape index (κ1) is 18.7. The summed E-state index contributed by atoms with van der Waals surface area (Å²) in [5.41, 5.74) is -1.07. The molecule has 1 aliphatic carbocycles. The van der Waals surface area contributed by atoms with Crippen molar-refractivity contribution in [3.63, 3.8) is 0 Å². The number of benzene rings is 1. The SMILES string of the molecule is Cn1c(=O)n(-c2nnc(C(F)F)o2)c2cc(S(=O)(=O)CC3(CF)CC3)ccc21. The highest BCUT2D eigenvalue weighted by atomic mass is 32.2. The maximum absolute atomic E-state index is 13.1. The molecule has 28 heavy (non-hydrogen) atoms. The monoisotopic (exact) mass is 416 g/mol. The Morgan fingerprint density at radius 3 is 2.54 bits per heavy atom. The predicted molar refractivity (Wildman–Crippen MR) is 91.0 cm³/mol. The highest BCUT2D eigenvalue weighted by Crippen LogP contribution is 2.48. The summed E-state index contributed by atoms with van der Waals surface area (Å²) in [7, 11) is -2.39. The summed E-state index contributed by atoms with van der Waals surface area (Å²) in [6, 6.07) is 3.48. The van der Waals surface area contributed by atoms with Crippen molar-refractivity contribution >= 4 is 20.9 Å². The molecule has 4 rings (SSSR count). The molecule has 8 nitrogen and oxygen atoms in total. The summed E-state index contributed by atoms with van der Waals surface area (Å²) in [5, 5.41) is 6.65. The molecule has 0 aliphatic heterocycles. The van der Waals surface area contributed by atoms with E-state index in [1.807, 2.05) is 0 Å². The minimum absolute atomic E-state index is 0.100. The average Bonchev–Trinajstić information content (AvgIpc) is 3.15. The number of nitrogens with zero attached hydrogens (tertiary/aromatic N) is 4. The normalized spacial score (nSPS) is 16.2. The van der Waals surface area contributed by atoms with E-state index >= 15 is 0 Å². The molecule has 0 N–H and O–H groups in total. The van der Waals surface area contributed by atoms with E-state index in [0.29, 0.717) is 18.4 Å². The lowest BCUT2D eigenvalue weighted by molar-refractivity contribution is 0.115. The molecule has 0 unspecified atom stereocenters. The van der Waals surface area contributed by atoms with Crippen molar-refractivity contribution in [2.24, 2.45) is 12.5 Å². The van der Waals surface area contributed by atoms with Gasteiger partial charge >= 0.3 is 18.1 Å². The second-order valence-electron chi connectivity index (χ2n) is 6.94. The smallest absolute Gasteiger partial charge is 0.337 e. The number of fused-ring (bicyclic) bond motifs is 1. The van der Waals surface area contributed by atoms with Gasteiger partial charge in [-0.3, -0.25) is 8.96 Å². The number of rotatable bonds is 6. The van der Waals surface area contributed by atoms with E-state index in [2.05, 4.69) is 10.2 Å². The molecule has 3 aromatic rings. The van der Waals surface area contributed by atoms with E-state index in [1.54, 1.807) is 0 Å². The van der Waals surface area contributed by atoms with Crippen LogP contribution < -0.4 is 5.69 Å². The van der Waals surface area contributed by atoms with E-state index in [0.717, 1.165) is 4.57 Å². The lowest BCUT2D eigenvalue weighted by Gasteiger charge is -2.11. The Balaban J connectivity index is 1.86. The Labute approximate surface area is 156 Å². The van der Waals surface area contributed by atoms with Crippen LogP contribution in [0.5, 0.6) is 0 Å². The zero-order valence-corrected chi connectivity index (χ0v) is 15.4. The Morgan fingerprint density at radius 2 is 1.96 bits per heavy atom. The van der Waals surface area contributed by atoms with Crippen LogP contribution in [-0.2, 0) is 16.9 Å². The van der Waals surface area contributed by atoms with Crippen LogP contribution in [0.1, 0.15) is 25.2 Å². The Kier molecular flexibility index (Phi) is 4.14. The summed E-state index contributed by atoms with van der Waals surface area (Å²) in [6.45, 7) is -0.719. The molecule has 2 aromatic heterocycles. The van der Waals surface area contributed by atoms with Crippen molar-refractivity contribution in [2.75, 3.05) is 12.4 Å². The maximum Gasteiger partial charge on any atom is 0.337 e. The summed E-state index contributed by atoms with van der Waals surface area (Å²) < 4.78 is 70.9. The maximum atomic E-state index is 13.1. The molecule has 0 spiro atoms. The molecule has 0 bridgehead atoms. The van der Waals surface area contributed by atoms with Gasteiger partial charge in [0.2, 0.25) is 0 Å². The minimum atomic E-state index is -3.82. The van der Waals surface area contributed by atoms with E-state index in [-0.39, 0.29) is 16.2 Å². The Morgan fingerprint density at radius 1 is 1.25 bits per heavy atom. The molecule has 1 aromatic carbocycles. The summed E-state index contributed by atoms with van der Waals surface area (Å²) in [5.74, 6) is -1.30. The number of aryl methyl sites for hydroxylation is 1. The number of hydrogen-bond donors (Lipinski definition) is 0. The molecule has 0 saturated heterocycles. The van der Waals surface area contributed by atoms with Gasteiger partial charge in [0.25, 0.3) is 5.89 Å². The van der Waals surface area contributed by atoms with Crippen molar-refractivity contribution in [1.82, 2.24) is 19.3 Å². The zero-order valence-electron chi connectivity index (χ0n) is 14.6. The second kappa shape index (κ2) is 6.19. The van der Waals surface area contributed by atoms with Crippen LogP contribution in [0.2, 0.25) is 0 Å². The van der Waals surface area contributed by atoms with Crippen molar-refractivity contribution in [3.05, 3.63) is 34.6 Å². The summed E-state index contributed by atoms with van der Waals surface area (Å²) in [6.07, 6.45) is -2.02. The van der Waals surface area contributed by atoms with Gasteiger partial charge in [-0.1, -0.05) is 5.10 Å². The molecule has 150 valence electrons. The van der Waals surface area contributed by atoms with Crippen LogP contribution in [0.15, 0.2) is 32.3 Å². The van der Waals surface area contributed by atoms with Gasteiger partial charge in [-0.05, 0) is 31.0 Å². The van der Waals surface area contributed by atoms with E-state index in [4.69, 9.17) is 4.42 Å². The van der Waals surface area contributed by atoms with Gasteiger partial charge in [0.1, 0.15) is 0 Å². The van der Waals surface area contributed by atoms with Crippen LogP contribution in [0.25, 0.3) is 17.0 Å². The number of aromatic nitrogens is 4. The molecule has 1 fully saturated rings. The van der Waals surface area contributed by atoms with Crippen molar-refractivity contribution in [2.45, 2.75) is 24.2 Å². The van der Waals surface area contributed by atoms with Crippen molar-refractivity contribution in [1.29, 1.82) is 0 Å². The van der Waals surface area contributed by atoms with Gasteiger partial charge in [-0.2, -0.15) is 8.78 Å². The van der Waals surface area contributed by atoms with E-state index in [9.17, 15) is 26.4 Å². The molecule has 0 atom stereocenters. The van der Waals surface area contributed by atoms with Crippen molar-refractivity contribution in [3.8, 4) is 6.01 Å². The lowest BCUT2D eigenvalue weighted by atomic mass is 10.2. The fourth-order valence-electron chi connectivity index (χ4n) is 3.09. The van der Waals surface area contributed by atoms with Crippen LogP contribution in [0.3, 0.4) is 0 Å². The average molecular weight is 416 g/mol. The van der Waals surface area contributed by atoms with E-state index in [1.165, 1.54) is 29.8 Å². The third kappa shape index (κ3) is 2.91. The van der Waals surface area contributed by atoms with E-state index < -0.39 is 45.9 Å². The van der Waals surface area contributed by atoms with Gasteiger partial charge in [0.05, 0.1) is 28.4 Å². The predicted octanol–water partition coefficient (Wildman–Crippen LogP) is 2.17. The number of hydrogen-bond acceptors (Lipinski definition) is 6. The quantitative estimate of drug-likeness (QED) is 0.611. The van der Waals surface area contributed by atoms with Crippen LogP contribution >= 0.6 is 0 Å². The first-order valence-corrected chi connectivity index (χ1v) is 9.95. The highest BCUT2D eigenvalue weighted by Gasteiger charge is 2.46. The van der Waals surface area contributed by atoms with Gasteiger partial charge in [-0.25, -0.2) is 17.8 Å². The number of alkyl halides is 3. The Hall–Kier alpha value is -2.63. The first-order chi connectivity index (χ1) is 13.2. The minimum Gasteiger partial charge on any atom is -0.401 e. The molecule has 0 radical (unpaired) electrons. The molecule has 0 amide bonds. The number of imidazole rings is 1. The molecule has 2 heterocycles. The highest BCUT2D eigenvalue weighted by molar-refractivity contribution is 7.91. The second-order valence-corrected chi connectivity index (χ2v) is 8.93.